The molecule has 0 unspecified atom stereocenters. The molecule has 0 bridgehead atoms. The Hall–Kier alpha value is -1.48. The van der Waals surface area contributed by atoms with E-state index >= 15 is 0 Å². The average Bonchev–Trinajstić information content (AvgIpc) is 2.79. The minimum absolute atomic E-state index is 1.04. The third kappa shape index (κ3) is 3.01. The second kappa shape index (κ2) is 5.73. The van der Waals surface area contributed by atoms with Gasteiger partial charge in [-0.2, -0.15) is 0 Å². The molecule has 3 heteroatoms. The maximum absolute atomic E-state index is 3.17. The van der Waals surface area contributed by atoms with Crippen molar-refractivity contribution < 1.29 is 0 Å². The zero-order valence-corrected chi connectivity index (χ0v) is 10.7. The van der Waals surface area contributed by atoms with Crippen LogP contribution in [-0.4, -0.2) is 11.6 Å². The van der Waals surface area contributed by atoms with Crippen LogP contribution in [0, 0.1) is 6.92 Å². The van der Waals surface area contributed by atoms with Crippen molar-refractivity contribution in [3.05, 3.63) is 41.6 Å². The Kier molecular flexibility index (Phi) is 4.04. The smallest absolute Gasteiger partial charge is 0.0781 e. The molecule has 0 saturated heterocycles. The van der Waals surface area contributed by atoms with E-state index in [9.17, 15) is 0 Å². The lowest BCUT2D eigenvalue weighted by Gasteiger charge is -2.21. The summed E-state index contributed by atoms with van der Waals surface area (Å²) < 4.78 is 0. The summed E-state index contributed by atoms with van der Waals surface area (Å²) in [6, 6.07) is 8.64. The van der Waals surface area contributed by atoms with E-state index in [1.807, 2.05) is 6.20 Å². The fourth-order valence-electron chi connectivity index (χ4n) is 1.98. The van der Waals surface area contributed by atoms with Crippen LogP contribution in [-0.2, 0) is 0 Å². The molecule has 2 N–H and O–H groups in total. The fourth-order valence-corrected chi connectivity index (χ4v) is 1.98. The molecular formula is C14H21N3. The van der Waals surface area contributed by atoms with Gasteiger partial charge < -0.3 is 5.43 Å². The summed E-state index contributed by atoms with van der Waals surface area (Å²) in [6.45, 7) is 5.38. The first-order valence-electron chi connectivity index (χ1n) is 6.37. The molecule has 1 heterocycles. The standard InChI is InChI=1S/C14H21N3/c1-3-4-5-10-17-14(11-15-16-17)13-8-6-12(2)7-9-13/h6-9,11,15-16H,3-5,10H2,1-2H3. The summed E-state index contributed by atoms with van der Waals surface area (Å²) in [6.07, 6.45) is 5.77. The van der Waals surface area contributed by atoms with Crippen molar-refractivity contribution in [1.82, 2.24) is 16.0 Å². The maximum Gasteiger partial charge on any atom is 0.0781 e. The third-order valence-electron chi connectivity index (χ3n) is 3.03. The number of hydrazine groups is 2. The zero-order chi connectivity index (χ0) is 12.1. The van der Waals surface area contributed by atoms with Gasteiger partial charge in [0.15, 0.2) is 0 Å². The molecule has 1 aliphatic heterocycles. The van der Waals surface area contributed by atoms with E-state index in [1.165, 1.54) is 36.1 Å². The van der Waals surface area contributed by atoms with Gasteiger partial charge in [0.2, 0.25) is 0 Å². The molecule has 0 amide bonds. The van der Waals surface area contributed by atoms with Crippen molar-refractivity contribution >= 4 is 5.70 Å². The molecule has 17 heavy (non-hydrogen) atoms. The van der Waals surface area contributed by atoms with Gasteiger partial charge >= 0.3 is 0 Å². The Morgan fingerprint density at radius 3 is 2.59 bits per heavy atom. The van der Waals surface area contributed by atoms with Crippen LogP contribution in [0.3, 0.4) is 0 Å². The van der Waals surface area contributed by atoms with Gasteiger partial charge in [-0.15, -0.1) is 5.53 Å². The molecule has 0 radical (unpaired) electrons. The first kappa shape index (κ1) is 12.0. The molecule has 0 aromatic heterocycles. The second-order valence-corrected chi connectivity index (χ2v) is 4.51. The molecule has 0 atom stereocenters. The molecule has 1 aliphatic rings. The highest BCUT2D eigenvalue weighted by Gasteiger charge is 2.15. The number of rotatable bonds is 5. The lowest BCUT2D eigenvalue weighted by atomic mass is 10.1. The van der Waals surface area contributed by atoms with E-state index in [2.05, 4.69) is 54.1 Å². The van der Waals surface area contributed by atoms with Gasteiger partial charge in [-0.05, 0) is 13.3 Å². The van der Waals surface area contributed by atoms with Crippen molar-refractivity contribution in [2.75, 3.05) is 6.54 Å². The lowest BCUT2D eigenvalue weighted by Crippen LogP contribution is -2.37. The molecule has 92 valence electrons. The van der Waals surface area contributed by atoms with Crippen molar-refractivity contribution in [3.63, 3.8) is 0 Å². The first-order valence-corrected chi connectivity index (χ1v) is 6.37. The van der Waals surface area contributed by atoms with Crippen LogP contribution in [0.4, 0.5) is 0 Å². The molecule has 1 aromatic carbocycles. The van der Waals surface area contributed by atoms with E-state index < -0.39 is 0 Å². The maximum atomic E-state index is 3.17. The Bertz CT molecular complexity index is 381. The normalized spacial score (nSPS) is 14.7. The van der Waals surface area contributed by atoms with Gasteiger partial charge in [0.25, 0.3) is 0 Å². The van der Waals surface area contributed by atoms with Gasteiger partial charge in [0, 0.05) is 18.3 Å². The Labute approximate surface area is 103 Å². The summed E-state index contributed by atoms with van der Waals surface area (Å²) in [4.78, 5) is 0. The molecule has 1 aromatic rings. The highest BCUT2D eigenvalue weighted by molar-refractivity contribution is 5.64. The highest BCUT2D eigenvalue weighted by atomic mass is 15.7. The SMILES string of the molecule is CCCCCN1NNC=C1c1ccc(C)cc1. The second-order valence-electron chi connectivity index (χ2n) is 4.51. The largest absolute Gasteiger partial charge is 0.309 e. The van der Waals surface area contributed by atoms with Crippen molar-refractivity contribution in [3.8, 4) is 0 Å². The Balaban J connectivity index is 2.01. The summed E-state index contributed by atoms with van der Waals surface area (Å²) in [7, 11) is 0. The number of hydrogen-bond acceptors (Lipinski definition) is 3. The van der Waals surface area contributed by atoms with Crippen molar-refractivity contribution in [1.29, 1.82) is 0 Å². The van der Waals surface area contributed by atoms with Gasteiger partial charge in [-0.1, -0.05) is 49.6 Å². The van der Waals surface area contributed by atoms with Gasteiger partial charge in [0.1, 0.15) is 0 Å². The Morgan fingerprint density at radius 2 is 1.88 bits per heavy atom. The topological polar surface area (TPSA) is 27.3 Å². The summed E-state index contributed by atoms with van der Waals surface area (Å²) in [5, 5.41) is 2.18. The van der Waals surface area contributed by atoms with Gasteiger partial charge in [-0.25, -0.2) is 0 Å². The van der Waals surface area contributed by atoms with Crippen LogP contribution >= 0.6 is 0 Å². The van der Waals surface area contributed by atoms with Crippen LogP contribution in [0.5, 0.6) is 0 Å². The molecule has 0 aliphatic carbocycles. The molecule has 0 fully saturated rings. The number of benzene rings is 1. The number of hydrogen-bond donors (Lipinski definition) is 2. The zero-order valence-electron chi connectivity index (χ0n) is 10.7. The third-order valence-corrected chi connectivity index (χ3v) is 3.03. The minimum atomic E-state index is 1.04. The van der Waals surface area contributed by atoms with E-state index in [-0.39, 0.29) is 0 Å². The van der Waals surface area contributed by atoms with Crippen molar-refractivity contribution in [2.45, 2.75) is 33.1 Å². The first-order chi connectivity index (χ1) is 8.31. The number of unbranched alkanes of at least 4 members (excludes halogenated alkanes) is 2. The number of nitrogens with zero attached hydrogens (tertiary/aromatic N) is 1. The van der Waals surface area contributed by atoms with E-state index in [0.717, 1.165) is 6.54 Å². The van der Waals surface area contributed by atoms with E-state index in [1.54, 1.807) is 0 Å². The molecular weight excluding hydrogens is 210 g/mol. The number of aryl methyl sites for hydroxylation is 1. The van der Waals surface area contributed by atoms with E-state index in [0.29, 0.717) is 0 Å². The molecule has 2 rings (SSSR count). The highest BCUT2D eigenvalue weighted by Crippen LogP contribution is 2.20. The van der Waals surface area contributed by atoms with Crippen LogP contribution in [0.25, 0.3) is 5.70 Å². The van der Waals surface area contributed by atoms with Gasteiger partial charge in [0.05, 0.1) is 5.70 Å². The molecule has 0 spiro atoms. The summed E-state index contributed by atoms with van der Waals surface area (Å²) >= 11 is 0. The fraction of sp³-hybridized carbons (Fsp3) is 0.429. The number of nitrogens with one attached hydrogen (secondary N) is 2. The quantitative estimate of drug-likeness (QED) is 0.763. The van der Waals surface area contributed by atoms with Crippen molar-refractivity contribution in [2.24, 2.45) is 0 Å². The van der Waals surface area contributed by atoms with Crippen LogP contribution in [0.1, 0.15) is 37.3 Å². The molecule has 3 nitrogen and oxygen atoms in total. The van der Waals surface area contributed by atoms with Crippen LogP contribution in [0.15, 0.2) is 30.5 Å². The molecule has 0 saturated carbocycles. The van der Waals surface area contributed by atoms with Gasteiger partial charge in [-0.3, -0.25) is 5.01 Å². The monoisotopic (exact) mass is 231 g/mol. The predicted molar refractivity (Wildman–Crippen MR) is 71.7 cm³/mol. The summed E-state index contributed by atoms with van der Waals surface area (Å²) in [5.41, 5.74) is 10.0. The van der Waals surface area contributed by atoms with Crippen LogP contribution in [0.2, 0.25) is 0 Å². The minimum Gasteiger partial charge on any atom is -0.309 e. The van der Waals surface area contributed by atoms with E-state index in [4.69, 9.17) is 0 Å². The predicted octanol–water partition coefficient (Wildman–Crippen LogP) is 2.81. The van der Waals surface area contributed by atoms with Crippen LogP contribution < -0.4 is 11.0 Å². The Morgan fingerprint density at radius 1 is 1.12 bits per heavy atom. The average molecular weight is 231 g/mol. The summed E-state index contributed by atoms with van der Waals surface area (Å²) in [5.74, 6) is 0. The lowest BCUT2D eigenvalue weighted by molar-refractivity contribution is 0.280.